The van der Waals surface area contributed by atoms with Gasteiger partial charge in [-0.2, -0.15) is 0 Å². The maximum absolute atomic E-state index is 6.41. The van der Waals surface area contributed by atoms with Gasteiger partial charge in [-0.1, -0.05) is 74.4 Å². The molecule has 2 aliphatic rings. The van der Waals surface area contributed by atoms with Crippen LogP contribution in [0.15, 0.2) is 189 Å². The van der Waals surface area contributed by atoms with Gasteiger partial charge in [0.05, 0.1) is 48.5 Å². The van der Waals surface area contributed by atoms with Crippen LogP contribution in [0.3, 0.4) is 0 Å². The van der Waals surface area contributed by atoms with Gasteiger partial charge in [-0.05, 0) is 139 Å². The number of methoxy groups -OCH3 is 2. The molecule has 0 radical (unpaired) electrons. The number of ether oxygens (including phenoxy) is 2. The first-order chi connectivity index (χ1) is 28.4. The molecule has 290 valence electrons. The molecule has 2 aromatic heterocycles. The highest BCUT2D eigenvalue weighted by atomic mass is 16.5. The first-order valence-corrected chi connectivity index (χ1v) is 19.6. The Morgan fingerprint density at radius 3 is 2.48 bits per heavy atom. The van der Waals surface area contributed by atoms with Gasteiger partial charge in [0.25, 0.3) is 0 Å². The second kappa shape index (κ2) is 17.4. The van der Waals surface area contributed by atoms with Crippen LogP contribution in [0.5, 0.6) is 0 Å². The minimum absolute atomic E-state index is 0.694. The third kappa shape index (κ3) is 7.45. The van der Waals surface area contributed by atoms with Crippen LogP contribution < -0.4 is 10.6 Å². The lowest BCUT2D eigenvalue weighted by Crippen LogP contribution is -2.20. The average molecular weight is 763 g/mol. The van der Waals surface area contributed by atoms with Crippen LogP contribution in [0.2, 0.25) is 0 Å². The Labute approximate surface area is 342 Å². The monoisotopic (exact) mass is 762 g/mol. The molecule has 0 bridgehead atoms. The number of allylic oxidation sites excluding steroid dienone is 14. The van der Waals surface area contributed by atoms with Crippen LogP contribution >= 0.6 is 0 Å². The molecule has 6 heteroatoms. The van der Waals surface area contributed by atoms with Crippen molar-refractivity contribution < 1.29 is 9.47 Å². The molecule has 6 nitrogen and oxygen atoms in total. The van der Waals surface area contributed by atoms with Crippen molar-refractivity contribution in [1.82, 2.24) is 9.55 Å². The van der Waals surface area contributed by atoms with E-state index in [1.54, 1.807) is 32.6 Å². The van der Waals surface area contributed by atoms with E-state index in [0.717, 1.165) is 75.5 Å². The summed E-state index contributed by atoms with van der Waals surface area (Å²) in [5.41, 5.74) is 21.7. The summed E-state index contributed by atoms with van der Waals surface area (Å²) in [6.07, 6.45) is 29.9. The summed E-state index contributed by atoms with van der Waals surface area (Å²) in [5, 5.41) is 2.40. The van der Waals surface area contributed by atoms with Crippen molar-refractivity contribution in [1.29, 1.82) is 0 Å². The SMILES string of the molecule is C=C/C=C\C(=C/Cc1ccc2c(c1)c1ccc3c(c1n2-c1cccnc1)CCC1=C/C(=C)c2cc(C(/C=C(\C=C)OC)=C/C)ccc2N(C(/C=C\C)=C/N)/C=C\13)OC. The molecule has 1 aliphatic heterocycles. The highest BCUT2D eigenvalue weighted by molar-refractivity contribution is 6.12. The summed E-state index contributed by atoms with van der Waals surface area (Å²) in [6, 6.07) is 22.0. The molecule has 0 amide bonds. The van der Waals surface area contributed by atoms with Crippen molar-refractivity contribution in [2.24, 2.45) is 5.73 Å². The number of pyridine rings is 1. The standard InChI is InChI=1S/C52H50N4O2/c1-8-12-16-43(58-7)21-17-36-18-25-51-48(29-36)46-24-23-44-45(52(46)56(51)41-15-13-27-54-33-41)22-19-39-28-35(5)47-31-38(37(10-3)30-42(11-4)57-6)20-26-50(47)55(34-49(39)44)40(32-53)14-9-2/h8-16,18,20-21,23-34H,1,4-5,17,19,22,53H2,2-3,6-7H3/b14-9-,16-12-,37-10+,39-28-,40-32+,42-30+,43-21+,49-34+. The highest BCUT2D eigenvalue weighted by Crippen LogP contribution is 2.46. The number of nitrogens with zero attached hydrogens (tertiary/aromatic N) is 3. The van der Waals surface area contributed by atoms with Crippen molar-refractivity contribution in [2.75, 3.05) is 19.1 Å². The number of hydrogen-bond acceptors (Lipinski definition) is 5. The van der Waals surface area contributed by atoms with E-state index in [1.165, 1.54) is 38.6 Å². The smallest absolute Gasteiger partial charge is 0.118 e. The van der Waals surface area contributed by atoms with E-state index in [-0.39, 0.29) is 0 Å². The van der Waals surface area contributed by atoms with Gasteiger partial charge in [0.15, 0.2) is 0 Å². The topological polar surface area (TPSA) is 65.5 Å². The van der Waals surface area contributed by atoms with Gasteiger partial charge in [0.1, 0.15) is 11.5 Å². The van der Waals surface area contributed by atoms with Gasteiger partial charge in [-0.15, -0.1) is 0 Å². The van der Waals surface area contributed by atoms with Crippen LogP contribution in [0, 0.1) is 0 Å². The summed E-state index contributed by atoms with van der Waals surface area (Å²) < 4.78 is 13.5. The molecule has 3 aromatic carbocycles. The molecule has 1 aliphatic carbocycles. The first kappa shape index (κ1) is 39.2. The maximum Gasteiger partial charge on any atom is 0.118 e. The minimum atomic E-state index is 0.694. The normalized spacial score (nSPS) is 17.0. The molecule has 5 aromatic rings. The Hall–Kier alpha value is -7.05. The molecule has 3 heterocycles. The van der Waals surface area contributed by atoms with E-state index in [9.17, 15) is 0 Å². The molecule has 0 saturated heterocycles. The van der Waals surface area contributed by atoms with E-state index < -0.39 is 0 Å². The maximum atomic E-state index is 6.41. The molecular weight excluding hydrogens is 713 g/mol. The van der Waals surface area contributed by atoms with Gasteiger partial charge in [-0.3, -0.25) is 4.98 Å². The fraction of sp³-hybridized carbons (Fsp3) is 0.135. The first-order valence-electron chi connectivity index (χ1n) is 19.6. The highest BCUT2D eigenvalue weighted by Gasteiger charge is 2.28. The Morgan fingerprint density at radius 2 is 1.78 bits per heavy atom. The van der Waals surface area contributed by atoms with E-state index >= 15 is 0 Å². The molecule has 0 atom stereocenters. The van der Waals surface area contributed by atoms with Crippen LogP contribution in [-0.4, -0.2) is 23.8 Å². The number of hydrogen-bond donors (Lipinski definition) is 1. The molecule has 0 unspecified atom stereocenters. The zero-order valence-corrected chi connectivity index (χ0v) is 33.8. The lowest BCUT2D eigenvalue weighted by Gasteiger charge is -2.32. The Kier molecular flexibility index (Phi) is 11.8. The molecule has 7 rings (SSSR count). The summed E-state index contributed by atoms with van der Waals surface area (Å²) in [7, 11) is 3.35. The largest absolute Gasteiger partial charge is 0.497 e. The van der Waals surface area contributed by atoms with Crippen molar-refractivity contribution in [2.45, 2.75) is 33.1 Å². The quantitative estimate of drug-likeness (QED) is 0.101. The van der Waals surface area contributed by atoms with E-state index in [1.807, 2.05) is 62.7 Å². The molecular formula is C52H50N4O2. The number of benzene rings is 3. The zero-order chi connectivity index (χ0) is 40.8. The number of nitrogens with two attached hydrogens (primary N) is 1. The van der Waals surface area contributed by atoms with Gasteiger partial charge in [-0.25, -0.2) is 0 Å². The molecule has 0 spiro atoms. The number of fused-ring (bicyclic) bond motifs is 8. The third-order valence-corrected chi connectivity index (χ3v) is 10.8. The van der Waals surface area contributed by atoms with Crippen molar-refractivity contribution in [3.8, 4) is 5.69 Å². The summed E-state index contributed by atoms with van der Waals surface area (Å²) in [5.74, 6) is 1.49. The fourth-order valence-corrected chi connectivity index (χ4v) is 8.04. The van der Waals surface area contributed by atoms with Gasteiger partial charge < -0.3 is 24.7 Å². The molecule has 2 N–H and O–H groups in total. The van der Waals surface area contributed by atoms with E-state index in [0.29, 0.717) is 5.76 Å². The van der Waals surface area contributed by atoms with Crippen LogP contribution in [0.4, 0.5) is 5.69 Å². The van der Waals surface area contributed by atoms with E-state index in [4.69, 9.17) is 15.2 Å². The Morgan fingerprint density at radius 1 is 0.931 bits per heavy atom. The number of rotatable bonds is 12. The number of aryl methyl sites for hydroxylation is 1. The molecule has 58 heavy (non-hydrogen) atoms. The molecule has 0 saturated carbocycles. The second-order valence-corrected chi connectivity index (χ2v) is 14.1. The number of aromatic nitrogens is 2. The summed E-state index contributed by atoms with van der Waals surface area (Å²) >= 11 is 0. The van der Waals surface area contributed by atoms with Crippen molar-refractivity contribution in [3.63, 3.8) is 0 Å². The third-order valence-electron chi connectivity index (χ3n) is 10.8. The number of anilines is 1. The predicted molar refractivity (Wildman–Crippen MR) is 245 cm³/mol. The molecule has 0 fully saturated rings. The fourth-order valence-electron chi connectivity index (χ4n) is 8.04. The second-order valence-electron chi connectivity index (χ2n) is 14.1. The van der Waals surface area contributed by atoms with Gasteiger partial charge >= 0.3 is 0 Å². The zero-order valence-electron chi connectivity index (χ0n) is 33.8. The summed E-state index contributed by atoms with van der Waals surface area (Å²) in [6.45, 7) is 16.4. The van der Waals surface area contributed by atoms with Gasteiger partial charge in [0.2, 0.25) is 0 Å². The van der Waals surface area contributed by atoms with Crippen molar-refractivity contribution >= 4 is 44.2 Å². The lowest BCUT2D eigenvalue weighted by molar-refractivity contribution is 0.305. The van der Waals surface area contributed by atoms with Crippen LogP contribution in [0.25, 0.3) is 44.2 Å². The van der Waals surface area contributed by atoms with E-state index in [2.05, 4.69) is 113 Å². The van der Waals surface area contributed by atoms with Crippen LogP contribution in [0.1, 0.15) is 48.1 Å². The Bertz CT molecular complexity index is 2690. The van der Waals surface area contributed by atoms with Gasteiger partial charge in [0, 0.05) is 40.5 Å². The predicted octanol–water partition coefficient (Wildman–Crippen LogP) is 12.2. The summed E-state index contributed by atoms with van der Waals surface area (Å²) in [4.78, 5) is 6.76. The lowest BCUT2D eigenvalue weighted by atomic mass is 9.80. The van der Waals surface area contributed by atoms with Crippen molar-refractivity contribution in [3.05, 3.63) is 217 Å². The Balaban J connectivity index is 1.44. The van der Waals surface area contributed by atoms with Crippen LogP contribution in [-0.2, 0) is 22.3 Å². The minimum Gasteiger partial charge on any atom is -0.497 e. The average Bonchev–Trinajstić information content (AvgIpc) is 3.59.